The van der Waals surface area contributed by atoms with Crippen molar-refractivity contribution in [2.24, 2.45) is 0 Å². The van der Waals surface area contributed by atoms with Crippen molar-refractivity contribution in [1.82, 2.24) is 9.62 Å². The van der Waals surface area contributed by atoms with Crippen molar-refractivity contribution < 1.29 is 22.7 Å². The van der Waals surface area contributed by atoms with Crippen molar-refractivity contribution in [2.75, 3.05) is 26.7 Å². The number of hydrogen-bond acceptors (Lipinski definition) is 5. The maximum absolute atomic E-state index is 12.9. The zero-order valence-electron chi connectivity index (χ0n) is 14.4. The fraction of sp³-hybridized carbons (Fsp3) is 0.562. The number of benzene rings is 1. The number of nitrogens with one attached hydrogen (secondary N) is 1. The minimum Gasteiger partial charge on any atom is -0.496 e. The minimum atomic E-state index is -3.71. The molecule has 1 fully saturated rings. The molecular weight excluding hydrogens is 332 g/mol. The molecule has 0 aromatic heterocycles. The number of carbonyl (C=O) groups excluding carboxylic acids is 1. The lowest BCUT2D eigenvalue weighted by Crippen LogP contribution is -2.48. The van der Waals surface area contributed by atoms with Crippen LogP contribution in [0.2, 0.25) is 0 Å². The third kappa shape index (κ3) is 3.88. The molecule has 7 nitrogen and oxygen atoms in total. The standard InChI is InChI=1S/C16H24N2O5S/c1-5-17-16(19)14-8-13(6-7-15(14)22-4)24(20,21)18-9-11(2)23-12(3)10-18/h6-8,11-12H,5,9-10H2,1-4H3,(H,17,19). The number of methoxy groups -OCH3 is 1. The first kappa shape index (κ1) is 18.7. The smallest absolute Gasteiger partial charge is 0.255 e. The molecule has 0 radical (unpaired) electrons. The first-order valence-corrected chi connectivity index (χ1v) is 9.35. The van der Waals surface area contributed by atoms with E-state index in [1.54, 1.807) is 6.92 Å². The molecule has 0 bridgehead atoms. The highest BCUT2D eigenvalue weighted by Crippen LogP contribution is 2.26. The van der Waals surface area contributed by atoms with Crippen molar-refractivity contribution in [3.8, 4) is 5.75 Å². The van der Waals surface area contributed by atoms with E-state index in [2.05, 4.69) is 5.32 Å². The normalized spacial score (nSPS) is 22.2. The van der Waals surface area contributed by atoms with Crippen LogP contribution in [-0.2, 0) is 14.8 Å². The molecule has 0 aliphatic carbocycles. The van der Waals surface area contributed by atoms with Gasteiger partial charge in [-0.1, -0.05) is 0 Å². The predicted molar refractivity (Wildman–Crippen MR) is 89.8 cm³/mol. The molecule has 8 heteroatoms. The van der Waals surface area contributed by atoms with Crippen molar-refractivity contribution in [2.45, 2.75) is 37.9 Å². The van der Waals surface area contributed by atoms with Gasteiger partial charge in [-0.2, -0.15) is 4.31 Å². The molecule has 1 N–H and O–H groups in total. The average Bonchev–Trinajstić information content (AvgIpc) is 2.53. The van der Waals surface area contributed by atoms with E-state index in [4.69, 9.17) is 9.47 Å². The summed E-state index contributed by atoms with van der Waals surface area (Å²) in [6.45, 7) is 6.49. The van der Waals surface area contributed by atoms with Gasteiger partial charge in [0.25, 0.3) is 5.91 Å². The molecule has 1 aromatic carbocycles. The quantitative estimate of drug-likeness (QED) is 0.858. The van der Waals surface area contributed by atoms with E-state index in [0.29, 0.717) is 12.3 Å². The molecular formula is C16H24N2O5S. The number of ether oxygens (including phenoxy) is 2. The van der Waals surface area contributed by atoms with Crippen LogP contribution in [0.25, 0.3) is 0 Å². The molecule has 1 heterocycles. The van der Waals surface area contributed by atoms with E-state index in [1.807, 2.05) is 13.8 Å². The number of sulfonamides is 1. The SMILES string of the molecule is CCNC(=O)c1cc(S(=O)(=O)N2CC(C)OC(C)C2)ccc1OC. The second kappa shape index (κ2) is 7.50. The van der Waals surface area contributed by atoms with Crippen molar-refractivity contribution in [1.29, 1.82) is 0 Å². The summed E-state index contributed by atoms with van der Waals surface area (Å²) in [4.78, 5) is 12.2. The van der Waals surface area contributed by atoms with Gasteiger partial charge < -0.3 is 14.8 Å². The molecule has 2 rings (SSSR count). The Hall–Kier alpha value is -1.64. The lowest BCUT2D eigenvalue weighted by molar-refractivity contribution is -0.0440. The first-order chi connectivity index (χ1) is 11.3. The summed E-state index contributed by atoms with van der Waals surface area (Å²) in [5.74, 6) is -0.0290. The second-order valence-electron chi connectivity index (χ2n) is 5.80. The highest BCUT2D eigenvalue weighted by molar-refractivity contribution is 7.89. The highest BCUT2D eigenvalue weighted by Gasteiger charge is 2.33. The Kier molecular flexibility index (Phi) is 5.84. The summed E-state index contributed by atoms with van der Waals surface area (Å²) >= 11 is 0. The summed E-state index contributed by atoms with van der Waals surface area (Å²) in [5, 5.41) is 2.66. The van der Waals surface area contributed by atoms with E-state index in [1.165, 1.54) is 29.6 Å². The zero-order valence-corrected chi connectivity index (χ0v) is 15.2. The molecule has 1 aromatic rings. The fourth-order valence-electron chi connectivity index (χ4n) is 2.76. The third-order valence-electron chi connectivity index (χ3n) is 3.78. The Morgan fingerprint density at radius 3 is 2.50 bits per heavy atom. The number of hydrogen-bond donors (Lipinski definition) is 1. The number of nitrogens with zero attached hydrogens (tertiary/aromatic N) is 1. The lowest BCUT2D eigenvalue weighted by Gasteiger charge is -2.34. The Morgan fingerprint density at radius 1 is 1.33 bits per heavy atom. The third-order valence-corrected chi connectivity index (χ3v) is 5.60. The number of carbonyl (C=O) groups is 1. The fourth-order valence-corrected chi connectivity index (χ4v) is 4.37. The van der Waals surface area contributed by atoms with Gasteiger partial charge in [0.1, 0.15) is 5.75 Å². The summed E-state index contributed by atoms with van der Waals surface area (Å²) < 4.78 is 38.0. The van der Waals surface area contributed by atoms with Crippen LogP contribution >= 0.6 is 0 Å². The van der Waals surface area contributed by atoms with Crippen LogP contribution in [0, 0.1) is 0 Å². The van der Waals surface area contributed by atoms with Gasteiger partial charge >= 0.3 is 0 Å². The summed E-state index contributed by atoms with van der Waals surface area (Å²) in [6, 6.07) is 4.33. The van der Waals surface area contributed by atoms with Gasteiger partial charge in [0.2, 0.25) is 10.0 Å². The Morgan fingerprint density at radius 2 is 1.96 bits per heavy atom. The molecule has 134 valence electrons. The Bertz CT molecular complexity index is 694. The van der Waals surface area contributed by atoms with Crippen molar-refractivity contribution in [3.63, 3.8) is 0 Å². The van der Waals surface area contributed by atoms with E-state index in [-0.39, 0.29) is 41.7 Å². The predicted octanol–water partition coefficient (Wildman–Crippen LogP) is 1.24. The zero-order chi connectivity index (χ0) is 17.9. The number of morpholine rings is 1. The van der Waals surface area contributed by atoms with Gasteiger partial charge in [-0.25, -0.2) is 8.42 Å². The van der Waals surface area contributed by atoms with Gasteiger partial charge in [0, 0.05) is 19.6 Å². The van der Waals surface area contributed by atoms with E-state index in [9.17, 15) is 13.2 Å². The summed E-state index contributed by atoms with van der Waals surface area (Å²) in [5.41, 5.74) is 0.204. The maximum Gasteiger partial charge on any atom is 0.255 e. The maximum atomic E-state index is 12.9. The highest BCUT2D eigenvalue weighted by atomic mass is 32.2. The Balaban J connectivity index is 2.40. The lowest BCUT2D eigenvalue weighted by atomic mass is 10.2. The topological polar surface area (TPSA) is 84.9 Å². The molecule has 0 saturated carbocycles. The van der Waals surface area contributed by atoms with Gasteiger partial charge in [-0.15, -0.1) is 0 Å². The van der Waals surface area contributed by atoms with Crippen molar-refractivity contribution in [3.05, 3.63) is 23.8 Å². The van der Waals surface area contributed by atoms with Crippen LogP contribution in [0.1, 0.15) is 31.1 Å². The van der Waals surface area contributed by atoms with Crippen LogP contribution < -0.4 is 10.1 Å². The van der Waals surface area contributed by atoms with E-state index < -0.39 is 10.0 Å². The van der Waals surface area contributed by atoms with E-state index in [0.717, 1.165) is 0 Å². The van der Waals surface area contributed by atoms with Crippen LogP contribution in [0.4, 0.5) is 0 Å². The minimum absolute atomic E-state index is 0.0749. The molecule has 1 aliphatic heterocycles. The summed E-state index contributed by atoms with van der Waals surface area (Å²) in [7, 11) is -2.26. The monoisotopic (exact) mass is 356 g/mol. The number of amides is 1. The van der Waals surface area contributed by atoms with Crippen LogP contribution in [0.5, 0.6) is 5.75 Å². The van der Waals surface area contributed by atoms with Gasteiger partial charge in [-0.3, -0.25) is 4.79 Å². The molecule has 2 unspecified atom stereocenters. The average molecular weight is 356 g/mol. The molecule has 1 saturated heterocycles. The second-order valence-corrected chi connectivity index (χ2v) is 7.74. The number of rotatable bonds is 5. The molecule has 1 aliphatic rings. The van der Waals surface area contributed by atoms with Crippen molar-refractivity contribution >= 4 is 15.9 Å². The molecule has 0 spiro atoms. The van der Waals surface area contributed by atoms with Crippen LogP contribution in [0.3, 0.4) is 0 Å². The van der Waals surface area contributed by atoms with Gasteiger partial charge in [0.05, 0.1) is 29.8 Å². The molecule has 1 amide bonds. The van der Waals surface area contributed by atoms with Gasteiger partial charge in [-0.05, 0) is 39.0 Å². The molecule has 24 heavy (non-hydrogen) atoms. The first-order valence-electron chi connectivity index (χ1n) is 7.91. The summed E-state index contributed by atoms with van der Waals surface area (Å²) in [6.07, 6.45) is -0.353. The molecule has 2 atom stereocenters. The van der Waals surface area contributed by atoms with E-state index >= 15 is 0 Å². The van der Waals surface area contributed by atoms with Gasteiger partial charge in [0.15, 0.2) is 0 Å². The Labute approximate surface area is 143 Å². The largest absolute Gasteiger partial charge is 0.496 e. The van der Waals surface area contributed by atoms with Crippen LogP contribution in [-0.4, -0.2) is 57.6 Å². The van der Waals surface area contributed by atoms with Crippen LogP contribution in [0.15, 0.2) is 23.1 Å².